The van der Waals surface area contributed by atoms with Gasteiger partial charge in [-0.2, -0.15) is 0 Å². The number of hydrogen-bond donors (Lipinski definition) is 0. The first-order valence-corrected chi connectivity index (χ1v) is 8.82. The lowest BCUT2D eigenvalue weighted by atomic mass is 10.1. The predicted molar refractivity (Wildman–Crippen MR) is 101 cm³/mol. The van der Waals surface area contributed by atoms with Crippen LogP contribution in [0.1, 0.15) is 27.6 Å². The molecule has 1 aliphatic rings. The summed E-state index contributed by atoms with van der Waals surface area (Å²) in [7, 11) is 0. The molecule has 0 radical (unpaired) electrons. The van der Waals surface area contributed by atoms with Gasteiger partial charge in [-0.15, -0.1) is 0 Å². The molecule has 4 nitrogen and oxygen atoms in total. The molecule has 1 amide bonds. The third-order valence-corrected chi connectivity index (χ3v) is 5.21. The van der Waals surface area contributed by atoms with E-state index in [4.69, 9.17) is 23.2 Å². The summed E-state index contributed by atoms with van der Waals surface area (Å²) < 4.78 is 0. The molecule has 0 saturated carbocycles. The van der Waals surface area contributed by atoms with Crippen molar-refractivity contribution in [3.8, 4) is 0 Å². The van der Waals surface area contributed by atoms with Gasteiger partial charge >= 0.3 is 0 Å². The van der Waals surface area contributed by atoms with Crippen LogP contribution in [-0.4, -0.2) is 42.8 Å². The maximum Gasteiger partial charge on any atom is 0.255 e. The van der Waals surface area contributed by atoms with Gasteiger partial charge in [-0.05, 0) is 43.3 Å². The molecule has 0 aliphatic carbocycles. The van der Waals surface area contributed by atoms with Gasteiger partial charge in [-0.3, -0.25) is 9.59 Å². The summed E-state index contributed by atoms with van der Waals surface area (Å²) in [6.45, 7) is 4.22. The van der Waals surface area contributed by atoms with Crippen LogP contribution in [0.3, 0.4) is 0 Å². The number of carbonyl (C=O) groups excluding carboxylic acids is 2. The van der Waals surface area contributed by atoms with Crippen molar-refractivity contribution in [2.45, 2.75) is 6.92 Å². The largest absolute Gasteiger partial charge is 0.368 e. The van der Waals surface area contributed by atoms with Crippen LogP contribution in [0.2, 0.25) is 10.0 Å². The molecule has 0 atom stereocenters. The lowest BCUT2D eigenvalue weighted by molar-refractivity contribution is 0.0746. The van der Waals surface area contributed by atoms with E-state index in [1.165, 1.54) is 0 Å². The standard InChI is InChI=1S/C19H18Cl2N2O2/c1-13(24)14-5-7-15(8-6-14)22-9-11-23(12-10-22)19(25)16-3-2-4-17(20)18(16)21/h2-8H,9-12H2,1H3. The lowest BCUT2D eigenvalue weighted by Gasteiger charge is -2.36. The third-order valence-electron chi connectivity index (χ3n) is 4.39. The highest BCUT2D eigenvalue weighted by atomic mass is 35.5. The minimum absolute atomic E-state index is 0.0559. The van der Waals surface area contributed by atoms with Gasteiger partial charge < -0.3 is 9.80 Å². The number of rotatable bonds is 3. The van der Waals surface area contributed by atoms with E-state index in [0.29, 0.717) is 34.3 Å². The second kappa shape index (κ2) is 7.46. The minimum atomic E-state index is -0.0981. The van der Waals surface area contributed by atoms with E-state index < -0.39 is 0 Å². The van der Waals surface area contributed by atoms with Crippen molar-refractivity contribution in [3.63, 3.8) is 0 Å². The van der Waals surface area contributed by atoms with Crippen LogP contribution in [0.4, 0.5) is 5.69 Å². The van der Waals surface area contributed by atoms with Crippen LogP contribution in [0.15, 0.2) is 42.5 Å². The summed E-state index contributed by atoms with van der Waals surface area (Å²) in [5, 5.41) is 0.688. The molecule has 6 heteroatoms. The Kier molecular flexibility index (Phi) is 5.30. The Labute approximate surface area is 156 Å². The molecule has 130 valence electrons. The highest BCUT2D eigenvalue weighted by molar-refractivity contribution is 6.43. The number of nitrogens with zero attached hydrogens (tertiary/aromatic N) is 2. The number of halogens is 2. The number of piperazine rings is 1. The summed E-state index contributed by atoms with van der Waals surface area (Å²) in [4.78, 5) is 28.0. The van der Waals surface area contributed by atoms with E-state index in [0.717, 1.165) is 18.8 Å². The predicted octanol–water partition coefficient (Wildman–Crippen LogP) is 4.16. The molecule has 0 N–H and O–H groups in total. The topological polar surface area (TPSA) is 40.6 Å². The smallest absolute Gasteiger partial charge is 0.255 e. The number of carbonyl (C=O) groups is 2. The average Bonchev–Trinajstić information content (AvgIpc) is 2.64. The quantitative estimate of drug-likeness (QED) is 0.755. The van der Waals surface area contributed by atoms with E-state index >= 15 is 0 Å². The Hall–Kier alpha value is -2.04. The second-order valence-corrected chi connectivity index (χ2v) is 6.77. The zero-order valence-corrected chi connectivity index (χ0v) is 15.3. The van der Waals surface area contributed by atoms with Crippen LogP contribution >= 0.6 is 23.2 Å². The molecule has 1 fully saturated rings. The number of ketones is 1. The fourth-order valence-corrected chi connectivity index (χ4v) is 3.30. The van der Waals surface area contributed by atoms with Crippen molar-refractivity contribution >= 4 is 40.6 Å². The van der Waals surface area contributed by atoms with Gasteiger partial charge in [-0.25, -0.2) is 0 Å². The Balaban J connectivity index is 1.66. The second-order valence-electron chi connectivity index (χ2n) is 5.98. The first-order valence-electron chi connectivity index (χ1n) is 8.06. The summed E-state index contributed by atoms with van der Waals surface area (Å²) >= 11 is 12.2. The van der Waals surface area contributed by atoms with Crippen molar-refractivity contribution in [1.29, 1.82) is 0 Å². The van der Waals surface area contributed by atoms with Crippen LogP contribution < -0.4 is 4.90 Å². The Morgan fingerprint density at radius 1 is 0.920 bits per heavy atom. The third kappa shape index (κ3) is 3.80. The van der Waals surface area contributed by atoms with E-state index in [2.05, 4.69) is 4.90 Å². The fourth-order valence-electron chi connectivity index (χ4n) is 2.91. The molecule has 1 saturated heterocycles. The normalized spacial score (nSPS) is 14.5. The molecule has 3 rings (SSSR count). The van der Waals surface area contributed by atoms with Gasteiger partial charge in [0.2, 0.25) is 0 Å². The number of anilines is 1. The van der Waals surface area contributed by atoms with Crippen molar-refractivity contribution in [2.24, 2.45) is 0 Å². The van der Waals surface area contributed by atoms with Crippen molar-refractivity contribution in [1.82, 2.24) is 4.90 Å². The summed E-state index contributed by atoms with van der Waals surface area (Å²) in [6, 6.07) is 12.7. The summed E-state index contributed by atoms with van der Waals surface area (Å²) in [5.41, 5.74) is 2.19. The molecule has 1 aliphatic heterocycles. The summed E-state index contributed by atoms with van der Waals surface area (Å²) in [5.74, 6) is -0.0422. The highest BCUT2D eigenvalue weighted by Crippen LogP contribution is 2.27. The van der Waals surface area contributed by atoms with E-state index in [-0.39, 0.29) is 11.7 Å². The monoisotopic (exact) mass is 376 g/mol. The number of Topliss-reactive ketones (excluding diaryl/α,β-unsaturated/α-hetero) is 1. The maximum atomic E-state index is 12.7. The molecule has 0 spiro atoms. The molecule has 1 heterocycles. The molecule has 0 unspecified atom stereocenters. The van der Waals surface area contributed by atoms with E-state index in [1.807, 2.05) is 24.3 Å². The molecule has 25 heavy (non-hydrogen) atoms. The lowest BCUT2D eigenvalue weighted by Crippen LogP contribution is -2.48. The fraction of sp³-hybridized carbons (Fsp3) is 0.263. The molecule has 2 aromatic rings. The Bertz CT molecular complexity index is 798. The number of amides is 1. The molecule has 0 aromatic heterocycles. The zero-order chi connectivity index (χ0) is 18.0. The molecular weight excluding hydrogens is 359 g/mol. The van der Waals surface area contributed by atoms with Crippen molar-refractivity contribution in [2.75, 3.05) is 31.1 Å². The summed E-state index contributed by atoms with van der Waals surface area (Å²) in [6.07, 6.45) is 0. The first kappa shape index (κ1) is 17.8. The van der Waals surface area contributed by atoms with E-state index in [9.17, 15) is 9.59 Å². The maximum absolute atomic E-state index is 12.7. The van der Waals surface area contributed by atoms with Crippen LogP contribution in [0.25, 0.3) is 0 Å². The van der Waals surface area contributed by atoms with Crippen LogP contribution in [0, 0.1) is 0 Å². The SMILES string of the molecule is CC(=O)c1ccc(N2CCN(C(=O)c3cccc(Cl)c3Cl)CC2)cc1. The molecular formula is C19H18Cl2N2O2. The molecule has 0 bridgehead atoms. The minimum Gasteiger partial charge on any atom is -0.368 e. The van der Waals surface area contributed by atoms with Crippen LogP contribution in [-0.2, 0) is 0 Å². The van der Waals surface area contributed by atoms with Gasteiger partial charge in [0.25, 0.3) is 5.91 Å². The Morgan fingerprint density at radius 2 is 1.56 bits per heavy atom. The van der Waals surface area contributed by atoms with Gasteiger partial charge in [-0.1, -0.05) is 29.3 Å². The highest BCUT2D eigenvalue weighted by Gasteiger charge is 2.24. The van der Waals surface area contributed by atoms with Gasteiger partial charge in [0.1, 0.15) is 0 Å². The van der Waals surface area contributed by atoms with Gasteiger partial charge in [0.15, 0.2) is 5.78 Å². The average molecular weight is 377 g/mol. The van der Waals surface area contributed by atoms with E-state index in [1.54, 1.807) is 30.0 Å². The van der Waals surface area contributed by atoms with Crippen molar-refractivity contribution in [3.05, 3.63) is 63.6 Å². The zero-order valence-electron chi connectivity index (χ0n) is 13.8. The molecule has 2 aromatic carbocycles. The van der Waals surface area contributed by atoms with Crippen molar-refractivity contribution < 1.29 is 9.59 Å². The first-order chi connectivity index (χ1) is 12.0. The van der Waals surface area contributed by atoms with Gasteiger partial charge in [0.05, 0.1) is 15.6 Å². The van der Waals surface area contributed by atoms with Crippen LogP contribution in [0.5, 0.6) is 0 Å². The Morgan fingerprint density at radius 3 is 2.16 bits per heavy atom. The number of hydrogen-bond acceptors (Lipinski definition) is 3. The number of benzene rings is 2. The van der Waals surface area contributed by atoms with Gasteiger partial charge in [0, 0.05) is 37.4 Å².